The second-order valence-electron chi connectivity index (χ2n) is 4.40. The molecule has 0 unspecified atom stereocenters. The van der Waals surface area contributed by atoms with Crippen LogP contribution in [0, 0.1) is 11.8 Å². The van der Waals surface area contributed by atoms with Crippen LogP contribution in [0.5, 0.6) is 0 Å². The normalized spacial score (nSPS) is 9.67. The van der Waals surface area contributed by atoms with E-state index in [1.54, 1.807) is 30.1 Å². The van der Waals surface area contributed by atoms with E-state index in [1.165, 1.54) is 0 Å². The van der Waals surface area contributed by atoms with E-state index < -0.39 is 0 Å². The van der Waals surface area contributed by atoms with Crippen LogP contribution in [0.25, 0.3) is 0 Å². The second-order valence-corrected chi connectivity index (χ2v) is 4.81. The number of para-hydroxylation sites is 1. The van der Waals surface area contributed by atoms with E-state index >= 15 is 0 Å². The Kier molecular flexibility index (Phi) is 4.99. The van der Waals surface area contributed by atoms with Gasteiger partial charge >= 0.3 is 0 Å². The molecule has 0 heterocycles. The summed E-state index contributed by atoms with van der Waals surface area (Å²) in [5, 5.41) is 0.447. The van der Waals surface area contributed by atoms with Crippen LogP contribution in [0.4, 0.5) is 5.69 Å². The summed E-state index contributed by atoms with van der Waals surface area (Å²) >= 11 is 6.15. The third kappa shape index (κ3) is 3.63. The zero-order valence-corrected chi connectivity index (χ0v) is 12.4. The minimum Gasteiger partial charge on any atom is -0.320 e. The molecular weight excluding hydrogens is 284 g/mol. The molecule has 0 spiro atoms. The lowest BCUT2D eigenvalue weighted by molar-refractivity contribution is 0.0993. The number of nitrogens with zero attached hydrogens (tertiary/aromatic N) is 1. The molecule has 2 aromatic rings. The van der Waals surface area contributed by atoms with E-state index in [9.17, 15) is 4.79 Å². The fraction of sp³-hybridized carbons (Fsp3) is 0.118. The van der Waals surface area contributed by atoms with E-state index in [-0.39, 0.29) is 12.5 Å². The Labute approximate surface area is 129 Å². The van der Waals surface area contributed by atoms with E-state index in [4.69, 9.17) is 17.3 Å². The van der Waals surface area contributed by atoms with Gasteiger partial charge in [0.15, 0.2) is 0 Å². The first kappa shape index (κ1) is 15.1. The predicted molar refractivity (Wildman–Crippen MR) is 86.6 cm³/mol. The average molecular weight is 299 g/mol. The summed E-state index contributed by atoms with van der Waals surface area (Å²) in [5.74, 6) is 5.48. The van der Waals surface area contributed by atoms with Crippen molar-refractivity contribution in [2.45, 2.75) is 0 Å². The van der Waals surface area contributed by atoms with Gasteiger partial charge in [-0.2, -0.15) is 0 Å². The molecule has 21 heavy (non-hydrogen) atoms. The predicted octanol–water partition coefficient (Wildman–Crippen LogP) is 2.93. The second kappa shape index (κ2) is 6.94. The van der Waals surface area contributed by atoms with Gasteiger partial charge in [0, 0.05) is 23.9 Å². The number of rotatable bonds is 2. The summed E-state index contributed by atoms with van der Waals surface area (Å²) in [7, 11) is 1.73. The lowest BCUT2D eigenvalue weighted by Crippen LogP contribution is -2.26. The number of anilines is 1. The molecule has 1 amide bonds. The lowest BCUT2D eigenvalue weighted by atomic mass is 10.1. The zero-order chi connectivity index (χ0) is 15.2. The number of halogens is 1. The van der Waals surface area contributed by atoms with Crippen LogP contribution in [-0.4, -0.2) is 19.5 Å². The first-order valence-corrected chi connectivity index (χ1v) is 6.83. The van der Waals surface area contributed by atoms with Crippen molar-refractivity contribution in [3.63, 3.8) is 0 Å². The Morgan fingerprint density at radius 2 is 1.95 bits per heavy atom. The summed E-state index contributed by atoms with van der Waals surface area (Å²) in [6.45, 7) is 0.272. The van der Waals surface area contributed by atoms with Crippen molar-refractivity contribution < 1.29 is 4.79 Å². The van der Waals surface area contributed by atoms with Crippen molar-refractivity contribution in [1.29, 1.82) is 0 Å². The van der Waals surface area contributed by atoms with E-state index in [1.807, 2.05) is 30.3 Å². The molecule has 2 aromatic carbocycles. The van der Waals surface area contributed by atoms with Crippen molar-refractivity contribution >= 4 is 23.2 Å². The van der Waals surface area contributed by atoms with Gasteiger partial charge in [-0.15, -0.1) is 0 Å². The minimum absolute atomic E-state index is 0.124. The molecule has 0 aliphatic carbocycles. The first-order chi connectivity index (χ1) is 10.1. The summed E-state index contributed by atoms with van der Waals surface area (Å²) in [4.78, 5) is 14.0. The van der Waals surface area contributed by atoms with Crippen molar-refractivity contribution in [1.82, 2.24) is 0 Å². The lowest BCUT2D eigenvalue weighted by Gasteiger charge is -2.17. The number of carbonyl (C=O) groups is 1. The van der Waals surface area contributed by atoms with Crippen molar-refractivity contribution in [3.8, 4) is 11.8 Å². The van der Waals surface area contributed by atoms with Gasteiger partial charge in [0.25, 0.3) is 5.91 Å². The highest BCUT2D eigenvalue weighted by Crippen LogP contribution is 2.20. The van der Waals surface area contributed by atoms with Gasteiger partial charge in [0.1, 0.15) is 0 Å². The molecule has 4 heteroatoms. The number of benzene rings is 2. The smallest absolute Gasteiger partial charge is 0.258 e. The Morgan fingerprint density at radius 1 is 1.24 bits per heavy atom. The molecule has 2 rings (SSSR count). The SMILES string of the molecule is CN(C(=O)c1ccc(C#CCN)c(Cl)c1)c1ccccc1. The summed E-state index contributed by atoms with van der Waals surface area (Å²) in [6.07, 6.45) is 0. The van der Waals surface area contributed by atoms with Gasteiger partial charge in [-0.1, -0.05) is 41.6 Å². The highest BCUT2D eigenvalue weighted by atomic mass is 35.5. The Balaban J connectivity index is 2.26. The standard InChI is InChI=1S/C17H15ClN2O/c1-20(15-7-3-2-4-8-15)17(21)14-10-9-13(6-5-11-19)16(18)12-14/h2-4,7-10,12H,11,19H2,1H3. The molecule has 106 valence electrons. The molecule has 0 fully saturated rings. The molecule has 0 saturated heterocycles. The topological polar surface area (TPSA) is 46.3 Å². The molecule has 0 aromatic heterocycles. The third-order valence-corrected chi connectivity index (χ3v) is 3.30. The number of carbonyl (C=O) groups excluding carboxylic acids is 1. The van der Waals surface area contributed by atoms with Crippen molar-refractivity contribution in [2.24, 2.45) is 5.73 Å². The quantitative estimate of drug-likeness (QED) is 0.867. The van der Waals surface area contributed by atoms with E-state index in [0.29, 0.717) is 16.1 Å². The summed E-state index contributed by atoms with van der Waals surface area (Å²) in [6, 6.07) is 14.5. The molecule has 0 radical (unpaired) electrons. The molecule has 0 saturated carbocycles. The number of hydrogen-bond acceptors (Lipinski definition) is 2. The Hall–Kier alpha value is -2.28. The minimum atomic E-state index is -0.124. The maximum absolute atomic E-state index is 12.4. The highest BCUT2D eigenvalue weighted by molar-refractivity contribution is 6.32. The van der Waals surface area contributed by atoms with Crippen LogP contribution in [0.15, 0.2) is 48.5 Å². The van der Waals surface area contributed by atoms with Crippen LogP contribution in [0.2, 0.25) is 5.02 Å². The molecule has 0 bridgehead atoms. The van der Waals surface area contributed by atoms with Gasteiger partial charge < -0.3 is 10.6 Å². The van der Waals surface area contributed by atoms with Gasteiger partial charge in [-0.05, 0) is 30.3 Å². The molecule has 0 aliphatic rings. The fourth-order valence-electron chi connectivity index (χ4n) is 1.86. The van der Waals surface area contributed by atoms with E-state index in [0.717, 1.165) is 5.69 Å². The van der Waals surface area contributed by atoms with Crippen molar-refractivity contribution in [2.75, 3.05) is 18.5 Å². The van der Waals surface area contributed by atoms with E-state index in [2.05, 4.69) is 11.8 Å². The number of nitrogens with two attached hydrogens (primary N) is 1. The molecule has 0 aliphatic heterocycles. The van der Waals surface area contributed by atoms with Crippen LogP contribution in [-0.2, 0) is 0 Å². The molecule has 3 nitrogen and oxygen atoms in total. The highest BCUT2D eigenvalue weighted by Gasteiger charge is 2.14. The van der Waals surface area contributed by atoms with Crippen LogP contribution in [0.3, 0.4) is 0 Å². The van der Waals surface area contributed by atoms with Crippen LogP contribution in [0.1, 0.15) is 15.9 Å². The van der Waals surface area contributed by atoms with Crippen molar-refractivity contribution in [3.05, 3.63) is 64.7 Å². The largest absolute Gasteiger partial charge is 0.320 e. The fourth-order valence-corrected chi connectivity index (χ4v) is 2.09. The Morgan fingerprint density at radius 3 is 2.57 bits per heavy atom. The zero-order valence-electron chi connectivity index (χ0n) is 11.6. The monoisotopic (exact) mass is 298 g/mol. The summed E-state index contributed by atoms with van der Waals surface area (Å²) < 4.78 is 0. The van der Waals surface area contributed by atoms with Gasteiger partial charge in [-0.3, -0.25) is 4.79 Å². The third-order valence-electron chi connectivity index (χ3n) is 2.99. The van der Waals surface area contributed by atoms with Gasteiger partial charge in [0.05, 0.1) is 11.6 Å². The number of hydrogen-bond donors (Lipinski definition) is 1. The molecule has 0 atom stereocenters. The maximum Gasteiger partial charge on any atom is 0.258 e. The van der Waals surface area contributed by atoms with Gasteiger partial charge in [0.2, 0.25) is 0 Å². The molecular formula is C17H15ClN2O. The Bertz CT molecular complexity index is 702. The molecule has 2 N–H and O–H groups in total. The van der Waals surface area contributed by atoms with Gasteiger partial charge in [-0.25, -0.2) is 0 Å². The summed E-state index contributed by atoms with van der Waals surface area (Å²) in [5.41, 5.74) is 7.34. The average Bonchev–Trinajstić information content (AvgIpc) is 2.53. The number of amides is 1. The van der Waals surface area contributed by atoms with Crippen LogP contribution >= 0.6 is 11.6 Å². The maximum atomic E-state index is 12.4. The first-order valence-electron chi connectivity index (χ1n) is 6.45. The van der Waals surface area contributed by atoms with Crippen LogP contribution < -0.4 is 10.6 Å².